The molecule has 2 heterocycles. The van der Waals surface area contributed by atoms with E-state index in [0.29, 0.717) is 0 Å². The summed E-state index contributed by atoms with van der Waals surface area (Å²) < 4.78 is 2.68. The zero-order valence-corrected chi connectivity index (χ0v) is 20.8. The van der Waals surface area contributed by atoms with Crippen molar-refractivity contribution < 1.29 is 4.57 Å². The largest absolute Gasteiger partial charge is 0.213 e. The van der Waals surface area contributed by atoms with Crippen LogP contribution in [0, 0.1) is 0 Å². The fraction of sp³-hybridized carbons (Fsp3) is 0.344. The average molecular weight is 433 g/mol. The van der Waals surface area contributed by atoms with E-state index in [-0.39, 0.29) is 16.4 Å². The molecule has 3 aromatic carbocycles. The third-order valence-electron chi connectivity index (χ3n) is 9.51. The molecule has 0 bridgehead atoms. The van der Waals surface area contributed by atoms with Crippen molar-refractivity contribution in [2.75, 3.05) is 0 Å². The summed E-state index contributed by atoms with van der Waals surface area (Å²) in [6.45, 7) is 14.5. The lowest BCUT2D eigenvalue weighted by Gasteiger charge is -2.46. The zero-order chi connectivity index (χ0) is 23.2. The highest BCUT2D eigenvalue weighted by molar-refractivity contribution is 5.86. The highest BCUT2D eigenvalue weighted by Gasteiger charge is 2.57. The van der Waals surface area contributed by atoms with Crippen LogP contribution in [0.25, 0.3) is 33.3 Å². The van der Waals surface area contributed by atoms with E-state index in [4.69, 9.17) is 0 Å². The number of fused-ring (bicyclic) bond motifs is 8. The average Bonchev–Trinajstić information content (AvgIpc) is 3.07. The molecule has 4 aromatic rings. The predicted octanol–water partition coefficient (Wildman–Crippen LogP) is 7.91. The summed E-state index contributed by atoms with van der Waals surface area (Å²) in [6, 6.07) is 27.7. The molecule has 33 heavy (non-hydrogen) atoms. The lowest BCUT2D eigenvalue weighted by Crippen LogP contribution is -2.67. The molecule has 2 atom stereocenters. The molecule has 1 aliphatic carbocycles. The van der Waals surface area contributed by atoms with Crippen LogP contribution in [-0.2, 0) is 16.4 Å². The monoisotopic (exact) mass is 432 g/mol. The van der Waals surface area contributed by atoms with Crippen molar-refractivity contribution in [1.82, 2.24) is 0 Å². The summed E-state index contributed by atoms with van der Waals surface area (Å²) in [5.41, 5.74) is 11.4. The number of hydrogen-bond donors (Lipinski definition) is 0. The molecule has 0 saturated heterocycles. The van der Waals surface area contributed by atoms with E-state index >= 15 is 0 Å². The molecule has 1 aromatic heterocycles. The van der Waals surface area contributed by atoms with Crippen LogP contribution in [-0.4, -0.2) is 0 Å². The summed E-state index contributed by atoms with van der Waals surface area (Å²) in [5, 5.41) is 1.32. The van der Waals surface area contributed by atoms with Gasteiger partial charge in [-0.2, -0.15) is 4.57 Å². The molecule has 0 amide bonds. The van der Waals surface area contributed by atoms with Gasteiger partial charge in [0, 0.05) is 36.3 Å². The van der Waals surface area contributed by atoms with E-state index in [1.54, 1.807) is 0 Å². The first-order valence-corrected chi connectivity index (χ1v) is 12.5. The molecule has 6 rings (SSSR count). The van der Waals surface area contributed by atoms with Gasteiger partial charge in [-0.3, -0.25) is 0 Å². The minimum atomic E-state index is -0.0210. The second-order valence-electron chi connectivity index (χ2n) is 11.0. The van der Waals surface area contributed by atoms with E-state index in [1.807, 2.05) is 0 Å². The van der Waals surface area contributed by atoms with Crippen molar-refractivity contribution in [2.45, 2.75) is 70.8 Å². The van der Waals surface area contributed by atoms with Crippen LogP contribution in [0.15, 0.2) is 72.8 Å². The molecular formula is C32H34N+. The van der Waals surface area contributed by atoms with Crippen molar-refractivity contribution in [3.8, 4) is 22.4 Å². The molecule has 2 unspecified atom stereocenters. The van der Waals surface area contributed by atoms with E-state index in [1.165, 1.54) is 50.0 Å². The van der Waals surface area contributed by atoms with Gasteiger partial charge in [-0.25, -0.2) is 0 Å². The maximum absolute atomic E-state index is 2.68. The quantitative estimate of drug-likeness (QED) is 0.283. The molecule has 0 saturated carbocycles. The van der Waals surface area contributed by atoms with Gasteiger partial charge < -0.3 is 0 Å². The number of hydrogen-bond acceptors (Lipinski definition) is 0. The Morgan fingerprint density at radius 1 is 0.636 bits per heavy atom. The molecule has 1 heteroatoms. The molecule has 0 N–H and O–H groups in total. The third-order valence-corrected chi connectivity index (χ3v) is 9.51. The normalized spacial score (nSPS) is 24.2. The standard InChI is InChI=1S/C32H34N/c1-7-31(5)27-19-23-22-14-10-11-15-25(22)30(3,4)26(23)20-24(27)29-18-17-21-13-9-12-16-28(21)33(29)32(31,6)8-2/h9-20H,7-8H2,1-6H3/q+1. The van der Waals surface area contributed by atoms with Crippen molar-refractivity contribution in [3.63, 3.8) is 0 Å². The van der Waals surface area contributed by atoms with Gasteiger partial charge in [-0.05, 0) is 65.4 Å². The van der Waals surface area contributed by atoms with Gasteiger partial charge >= 0.3 is 0 Å². The molecule has 1 nitrogen and oxygen atoms in total. The fourth-order valence-electron chi connectivity index (χ4n) is 7.02. The number of rotatable bonds is 2. The van der Waals surface area contributed by atoms with Crippen molar-refractivity contribution in [2.24, 2.45) is 0 Å². The molecule has 0 fully saturated rings. The number of nitrogens with zero attached hydrogens (tertiary/aromatic N) is 1. The third kappa shape index (κ3) is 2.36. The minimum absolute atomic E-state index is 0.0107. The number of pyridine rings is 1. The minimum Gasteiger partial charge on any atom is -0.185 e. The highest BCUT2D eigenvalue weighted by Crippen LogP contribution is 2.56. The number of aromatic nitrogens is 1. The molecular weight excluding hydrogens is 398 g/mol. The van der Waals surface area contributed by atoms with Crippen LogP contribution >= 0.6 is 0 Å². The van der Waals surface area contributed by atoms with Gasteiger partial charge in [0.05, 0.1) is 11.0 Å². The lowest BCUT2D eigenvalue weighted by molar-refractivity contribution is -0.742. The second-order valence-corrected chi connectivity index (χ2v) is 11.0. The van der Waals surface area contributed by atoms with Crippen LogP contribution in [0.4, 0.5) is 0 Å². The summed E-state index contributed by atoms with van der Waals surface area (Å²) >= 11 is 0. The first kappa shape index (κ1) is 20.7. The predicted molar refractivity (Wildman–Crippen MR) is 139 cm³/mol. The van der Waals surface area contributed by atoms with E-state index in [2.05, 4.69) is 119 Å². The van der Waals surface area contributed by atoms with Crippen molar-refractivity contribution in [3.05, 3.63) is 89.5 Å². The first-order valence-electron chi connectivity index (χ1n) is 12.5. The van der Waals surface area contributed by atoms with Crippen LogP contribution in [0.2, 0.25) is 0 Å². The fourth-order valence-corrected chi connectivity index (χ4v) is 7.02. The summed E-state index contributed by atoms with van der Waals surface area (Å²) in [7, 11) is 0. The van der Waals surface area contributed by atoms with E-state index in [9.17, 15) is 0 Å². The topological polar surface area (TPSA) is 3.88 Å². The van der Waals surface area contributed by atoms with E-state index < -0.39 is 0 Å². The molecule has 0 radical (unpaired) electrons. The van der Waals surface area contributed by atoms with Crippen molar-refractivity contribution in [1.29, 1.82) is 0 Å². The van der Waals surface area contributed by atoms with Crippen LogP contribution in [0.3, 0.4) is 0 Å². The summed E-state index contributed by atoms with van der Waals surface area (Å²) in [5.74, 6) is 0. The SMILES string of the molecule is CCC1(C)c2cc3c(cc2-c2ccc4ccccc4[n+]2C1(C)CC)C(C)(C)c1ccccc1-3. The Labute approximate surface area is 198 Å². The highest BCUT2D eigenvalue weighted by atomic mass is 15.1. The van der Waals surface area contributed by atoms with Crippen LogP contribution in [0.1, 0.15) is 71.1 Å². The Hall–Kier alpha value is -2.93. The van der Waals surface area contributed by atoms with E-state index in [0.717, 1.165) is 12.8 Å². The van der Waals surface area contributed by atoms with Gasteiger partial charge in [0.15, 0.2) is 5.54 Å². The summed E-state index contributed by atoms with van der Waals surface area (Å²) in [6.07, 6.45) is 2.19. The maximum atomic E-state index is 2.68. The second kappa shape index (κ2) is 6.56. The molecule has 2 aliphatic rings. The molecule has 166 valence electrons. The maximum Gasteiger partial charge on any atom is 0.213 e. The van der Waals surface area contributed by atoms with Crippen LogP contribution < -0.4 is 4.57 Å². The Morgan fingerprint density at radius 3 is 2.09 bits per heavy atom. The smallest absolute Gasteiger partial charge is 0.185 e. The summed E-state index contributed by atoms with van der Waals surface area (Å²) in [4.78, 5) is 0. The Morgan fingerprint density at radius 2 is 1.33 bits per heavy atom. The Bertz CT molecular complexity index is 1440. The van der Waals surface area contributed by atoms with Gasteiger partial charge in [-0.15, -0.1) is 0 Å². The Balaban J connectivity index is 1.78. The molecule has 1 aliphatic heterocycles. The molecule has 0 spiro atoms. The van der Waals surface area contributed by atoms with Gasteiger partial charge in [0.25, 0.3) is 0 Å². The lowest BCUT2D eigenvalue weighted by atomic mass is 9.60. The zero-order valence-electron chi connectivity index (χ0n) is 20.8. The van der Waals surface area contributed by atoms with Gasteiger partial charge in [0.1, 0.15) is 0 Å². The van der Waals surface area contributed by atoms with Gasteiger partial charge in [-0.1, -0.05) is 64.1 Å². The number of para-hydroxylation sites is 1. The van der Waals surface area contributed by atoms with Crippen LogP contribution in [0.5, 0.6) is 0 Å². The van der Waals surface area contributed by atoms with Gasteiger partial charge in [0.2, 0.25) is 11.2 Å². The van der Waals surface area contributed by atoms with Crippen molar-refractivity contribution >= 4 is 10.9 Å². The Kier molecular flexibility index (Phi) is 4.11. The number of benzene rings is 3. The first-order chi connectivity index (χ1) is 15.8.